The highest BCUT2D eigenvalue weighted by molar-refractivity contribution is 5.36. The van der Waals surface area contributed by atoms with Crippen LogP contribution in [0.1, 0.15) is 41.1 Å². The third-order valence-corrected chi connectivity index (χ3v) is 4.48. The van der Waals surface area contributed by atoms with Crippen molar-refractivity contribution in [3.05, 3.63) is 70.5 Å². The van der Waals surface area contributed by atoms with E-state index in [1.807, 2.05) is 19.2 Å². The SMILES string of the molecule is CNC(Cc1ccc(F)cc1)c1ccc2c(c1)CCCC2. The van der Waals surface area contributed by atoms with Crippen LogP contribution in [0.5, 0.6) is 0 Å². The van der Waals surface area contributed by atoms with E-state index < -0.39 is 0 Å². The van der Waals surface area contributed by atoms with Gasteiger partial charge in [-0.3, -0.25) is 0 Å². The molecule has 1 aliphatic rings. The Bertz CT molecular complexity index is 603. The molecule has 1 nitrogen and oxygen atoms in total. The minimum Gasteiger partial charge on any atom is -0.313 e. The molecule has 0 radical (unpaired) electrons. The standard InChI is InChI=1S/C19H22FN/c1-21-19(12-14-6-10-18(20)11-7-14)17-9-8-15-4-2-3-5-16(15)13-17/h6-11,13,19,21H,2-5,12H2,1H3. The quantitative estimate of drug-likeness (QED) is 0.886. The molecule has 110 valence electrons. The number of benzene rings is 2. The molecule has 1 unspecified atom stereocenters. The fourth-order valence-electron chi connectivity index (χ4n) is 3.21. The zero-order chi connectivity index (χ0) is 14.7. The van der Waals surface area contributed by atoms with Crippen LogP contribution >= 0.6 is 0 Å². The van der Waals surface area contributed by atoms with Crippen molar-refractivity contribution in [1.29, 1.82) is 0 Å². The van der Waals surface area contributed by atoms with Gasteiger partial charge in [-0.1, -0.05) is 30.3 Å². The summed E-state index contributed by atoms with van der Waals surface area (Å²) in [6.07, 6.45) is 5.93. The molecule has 2 aromatic carbocycles. The molecular weight excluding hydrogens is 261 g/mol. The Balaban J connectivity index is 1.81. The molecule has 0 aromatic heterocycles. The summed E-state index contributed by atoms with van der Waals surface area (Å²) in [6.45, 7) is 0. The second-order valence-electron chi connectivity index (χ2n) is 5.91. The highest BCUT2D eigenvalue weighted by Gasteiger charge is 2.14. The molecule has 0 fully saturated rings. The lowest BCUT2D eigenvalue weighted by atomic mass is 9.88. The predicted octanol–water partition coefficient (Wildman–Crippen LogP) is 4.21. The molecule has 2 aromatic rings. The van der Waals surface area contributed by atoms with Crippen molar-refractivity contribution in [3.8, 4) is 0 Å². The maximum atomic E-state index is 13.0. The predicted molar refractivity (Wildman–Crippen MR) is 85.0 cm³/mol. The van der Waals surface area contributed by atoms with Crippen LogP contribution in [0.4, 0.5) is 4.39 Å². The molecule has 1 atom stereocenters. The Labute approximate surface area is 126 Å². The molecule has 0 saturated heterocycles. The summed E-state index contributed by atoms with van der Waals surface area (Å²) in [5, 5.41) is 3.39. The highest BCUT2D eigenvalue weighted by Crippen LogP contribution is 2.26. The van der Waals surface area contributed by atoms with Gasteiger partial charge in [-0.05, 0) is 73.5 Å². The fourth-order valence-corrected chi connectivity index (χ4v) is 3.21. The van der Waals surface area contributed by atoms with E-state index in [1.54, 1.807) is 0 Å². The van der Waals surface area contributed by atoms with E-state index in [0.717, 1.165) is 12.0 Å². The van der Waals surface area contributed by atoms with E-state index in [4.69, 9.17) is 0 Å². The monoisotopic (exact) mass is 283 g/mol. The second kappa shape index (κ2) is 6.40. The van der Waals surface area contributed by atoms with E-state index in [0.29, 0.717) is 0 Å². The summed E-state index contributed by atoms with van der Waals surface area (Å²) in [5.74, 6) is -0.173. The smallest absolute Gasteiger partial charge is 0.123 e. The van der Waals surface area contributed by atoms with Gasteiger partial charge >= 0.3 is 0 Å². The van der Waals surface area contributed by atoms with Crippen LogP contribution in [-0.2, 0) is 19.3 Å². The van der Waals surface area contributed by atoms with Gasteiger partial charge in [-0.2, -0.15) is 0 Å². The average molecular weight is 283 g/mol. The first-order valence-electron chi connectivity index (χ1n) is 7.79. The van der Waals surface area contributed by atoms with Crippen molar-refractivity contribution in [2.75, 3.05) is 7.05 Å². The summed E-state index contributed by atoms with van der Waals surface area (Å²) in [6, 6.07) is 14.0. The van der Waals surface area contributed by atoms with Gasteiger partial charge in [0.2, 0.25) is 0 Å². The number of halogens is 1. The summed E-state index contributed by atoms with van der Waals surface area (Å²) >= 11 is 0. The van der Waals surface area contributed by atoms with Crippen molar-refractivity contribution in [2.24, 2.45) is 0 Å². The third kappa shape index (κ3) is 3.33. The van der Waals surface area contributed by atoms with Crippen LogP contribution in [0, 0.1) is 5.82 Å². The molecule has 0 aliphatic heterocycles. The molecule has 0 bridgehead atoms. The van der Waals surface area contributed by atoms with Gasteiger partial charge in [0, 0.05) is 6.04 Å². The maximum Gasteiger partial charge on any atom is 0.123 e. The maximum absolute atomic E-state index is 13.0. The first-order valence-corrected chi connectivity index (χ1v) is 7.79. The molecule has 0 amide bonds. The van der Waals surface area contributed by atoms with Gasteiger partial charge in [-0.15, -0.1) is 0 Å². The van der Waals surface area contributed by atoms with Gasteiger partial charge in [0.15, 0.2) is 0 Å². The Morgan fingerprint density at radius 1 is 1.00 bits per heavy atom. The molecule has 0 spiro atoms. The van der Waals surface area contributed by atoms with Crippen molar-refractivity contribution < 1.29 is 4.39 Å². The minimum atomic E-state index is -0.173. The Hall–Kier alpha value is -1.67. The Morgan fingerprint density at radius 3 is 2.43 bits per heavy atom. The summed E-state index contributed by atoms with van der Waals surface area (Å²) in [5.41, 5.74) is 5.52. The van der Waals surface area contributed by atoms with Crippen LogP contribution < -0.4 is 5.32 Å². The zero-order valence-corrected chi connectivity index (χ0v) is 12.5. The highest BCUT2D eigenvalue weighted by atomic mass is 19.1. The van der Waals surface area contributed by atoms with E-state index in [-0.39, 0.29) is 11.9 Å². The van der Waals surface area contributed by atoms with Crippen molar-refractivity contribution in [3.63, 3.8) is 0 Å². The first kappa shape index (κ1) is 14.3. The molecule has 3 rings (SSSR count). The van der Waals surface area contributed by atoms with Crippen LogP contribution in [0.3, 0.4) is 0 Å². The number of hydrogen-bond donors (Lipinski definition) is 1. The molecule has 0 saturated carbocycles. The molecule has 21 heavy (non-hydrogen) atoms. The van der Waals surface area contributed by atoms with Gasteiger partial charge in [0.25, 0.3) is 0 Å². The number of aryl methyl sites for hydroxylation is 2. The fraction of sp³-hybridized carbons (Fsp3) is 0.368. The minimum absolute atomic E-state index is 0.173. The normalized spacial score (nSPS) is 15.5. The van der Waals surface area contributed by atoms with Gasteiger partial charge in [0.05, 0.1) is 0 Å². The number of nitrogens with one attached hydrogen (secondary N) is 1. The lowest BCUT2D eigenvalue weighted by Crippen LogP contribution is -2.19. The lowest BCUT2D eigenvalue weighted by molar-refractivity contribution is 0.586. The van der Waals surface area contributed by atoms with E-state index >= 15 is 0 Å². The molecule has 2 heteroatoms. The van der Waals surface area contributed by atoms with Crippen molar-refractivity contribution in [1.82, 2.24) is 5.32 Å². The Morgan fingerprint density at radius 2 is 1.71 bits per heavy atom. The van der Waals surface area contributed by atoms with Gasteiger partial charge in [-0.25, -0.2) is 4.39 Å². The first-order chi connectivity index (χ1) is 10.3. The second-order valence-corrected chi connectivity index (χ2v) is 5.91. The van der Waals surface area contributed by atoms with Crippen LogP contribution in [-0.4, -0.2) is 7.05 Å². The van der Waals surface area contributed by atoms with Crippen LogP contribution in [0.25, 0.3) is 0 Å². The number of likely N-dealkylation sites (N-methyl/N-ethyl adjacent to an activating group) is 1. The van der Waals surface area contributed by atoms with Crippen LogP contribution in [0.15, 0.2) is 42.5 Å². The number of hydrogen-bond acceptors (Lipinski definition) is 1. The molecule has 1 N–H and O–H groups in total. The van der Waals surface area contributed by atoms with Crippen LogP contribution in [0.2, 0.25) is 0 Å². The lowest BCUT2D eigenvalue weighted by Gasteiger charge is -2.21. The van der Waals surface area contributed by atoms with E-state index in [9.17, 15) is 4.39 Å². The number of fused-ring (bicyclic) bond motifs is 1. The Kier molecular flexibility index (Phi) is 4.35. The summed E-state index contributed by atoms with van der Waals surface area (Å²) in [7, 11) is 1.99. The van der Waals surface area contributed by atoms with E-state index in [1.165, 1.54) is 54.5 Å². The van der Waals surface area contributed by atoms with Gasteiger partial charge in [0.1, 0.15) is 5.82 Å². The summed E-state index contributed by atoms with van der Waals surface area (Å²) in [4.78, 5) is 0. The number of rotatable bonds is 4. The average Bonchev–Trinajstić information content (AvgIpc) is 2.54. The van der Waals surface area contributed by atoms with Crippen molar-refractivity contribution in [2.45, 2.75) is 38.1 Å². The molecule has 1 aliphatic carbocycles. The topological polar surface area (TPSA) is 12.0 Å². The molecule has 0 heterocycles. The third-order valence-electron chi connectivity index (χ3n) is 4.48. The van der Waals surface area contributed by atoms with Crippen molar-refractivity contribution >= 4 is 0 Å². The zero-order valence-electron chi connectivity index (χ0n) is 12.5. The van der Waals surface area contributed by atoms with E-state index in [2.05, 4.69) is 23.5 Å². The molecular formula is C19H22FN. The van der Waals surface area contributed by atoms with Gasteiger partial charge < -0.3 is 5.32 Å². The summed E-state index contributed by atoms with van der Waals surface area (Å²) < 4.78 is 13.0. The largest absolute Gasteiger partial charge is 0.313 e.